The van der Waals surface area contributed by atoms with Crippen molar-refractivity contribution in [1.29, 1.82) is 0 Å². The van der Waals surface area contributed by atoms with Crippen LogP contribution in [0.1, 0.15) is 39.1 Å². The van der Waals surface area contributed by atoms with Crippen LogP contribution in [0.15, 0.2) is 50.8 Å². The van der Waals surface area contributed by atoms with Crippen LogP contribution in [0.3, 0.4) is 0 Å². The van der Waals surface area contributed by atoms with Crippen LogP contribution < -0.4 is 15.0 Å². The van der Waals surface area contributed by atoms with Crippen LogP contribution in [0, 0.1) is 0 Å². The number of esters is 1. The standard InChI is InChI=1S/C24H26BrN3O5/c1-6-32-20(29)14-33-21-15(8-7-9-19(21)31-5)13-26-28-22(30)17-12-16(25)10-11-18(17)27-23(28)24(2,3)4/h7-13H,6,14H2,1-5H3. The largest absolute Gasteiger partial charge is 0.493 e. The number of methoxy groups -OCH3 is 1. The van der Waals surface area contributed by atoms with E-state index in [1.165, 1.54) is 18.0 Å². The third kappa shape index (κ3) is 5.60. The average molecular weight is 516 g/mol. The Kier molecular flexibility index (Phi) is 7.53. The van der Waals surface area contributed by atoms with Gasteiger partial charge in [-0.15, -0.1) is 0 Å². The third-order valence-corrected chi connectivity index (χ3v) is 5.15. The molecule has 0 aliphatic rings. The summed E-state index contributed by atoms with van der Waals surface area (Å²) in [6.45, 7) is 7.58. The molecule has 0 aliphatic heterocycles. The second-order valence-electron chi connectivity index (χ2n) is 8.18. The lowest BCUT2D eigenvalue weighted by Crippen LogP contribution is -2.29. The number of rotatable bonds is 7. The van der Waals surface area contributed by atoms with Crippen LogP contribution in [-0.4, -0.2) is 42.2 Å². The molecule has 8 nitrogen and oxygen atoms in total. The fraction of sp³-hybridized carbons (Fsp3) is 0.333. The van der Waals surface area contributed by atoms with Crippen LogP contribution in [0.25, 0.3) is 10.9 Å². The number of carbonyl (C=O) groups is 1. The first-order chi connectivity index (χ1) is 15.7. The second-order valence-corrected chi connectivity index (χ2v) is 9.10. The molecule has 3 rings (SSSR count). The summed E-state index contributed by atoms with van der Waals surface area (Å²) in [5.41, 5.74) is 0.383. The van der Waals surface area contributed by atoms with Gasteiger partial charge in [-0.25, -0.2) is 9.78 Å². The Morgan fingerprint density at radius 2 is 2.00 bits per heavy atom. The molecule has 33 heavy (non-hydrogen) atoms. The Morgan fingerprint density at radius 3 is 2.67 bits per heavy atom. The monoisotopic (exact) mass is 515 g/mol. The topological polar surface area (TPSA) is 92.0 Å². The summed E-state index contributed by atoms with van der Waals surface area (Å²) in [4.78, 5) is 29.8. The van der Waals surface area contributed by atoms with E-state index >= 15 is 0 Å². The molecule has 9 heteroatoms. The van der Waals surface area contributed by atoms with Gasteiger partial charge in [-0.3, -0.25) is 4.79 Å². The zero-order valence-electron chi connectivity index (χ0n) is 19.2. The van der Waals surface area contributed by atoms with Crippen LogP contribution >= 0.6 is 15.9 Å². The highest BCUT2D eigenvalue weighted by Gasteiger charge is 2.23. The molecular formula is C24H26BrN3O5. The highest BCUT2D eigenvalue weighted by atomic mass is 79.9. The van der Waals surface area contributed by atoms with Gasteiger partial charge in [0, 0.05) is 15.5 Å². The normalized spacial score (nSPS) is 11.7. The van der Waals surface area contributed by atoms with E-state index in [-0.39, 0.29) is 18.8 Å². The van der Waals surface area contributed by atoms with Crippen molar-refractivity contribution in [1.82, 2.24) is 9.66 Å². The average Bonchev–Trinajstić information content (AvgIpc) is 2.76. The summed E-state index contributed by atoms with van der Waals surface area (Å²) in [7, 11) is 1.50. The molecule has 0 bridgehead atoms. The molecule has 0 fully saturated rings. The summed E-state index contributed by atoms with van der Waals surface area (Å²) >= 11 is 3.41. The van der Waals surface area contributed by atoms with E-state index < -0.39 is 11.4 Å². The number of para-hydroxylation sites is 1. The van der Waals surface area contributed by atoms with Gasteiger partial charge in [-0.1, -0.05) is 42.8 Å². The number of hydrogen-bond donors (Lipinski definition) is 0. The molecule has 3 aromatic rings. The number of benzene rings is 2. The van der Waals surface area contributed by atoms with Crippen molar-refractivity contribution in [3.05, 3.63) is 62.6 Å². The first-order valence-corrected chi connectivity index (χ1v) is 11.2. The summed E-state index contributed by atoms with van der Waals surface area (Å²) in [6.07, 6.45) is 1.49. The zero-order valence-corrected chi connectivity index (χ0v) is 20.8. The van der Waals surface area contributed by atoms with Gasteiger partial charge < -0.3 is 14.2 Å². The number of fused-ring (bicyclic) bond motifs is 1. The molecule has 0 spiro atoms. The lowest BCUT2D eigenvalue weighted by atomic mass is 9.95. The number of aromatic nitrogens is 2. The third-order valence-electron chi connectivity index (χ3n) is 4.66. The van der Waals surface area contributed by atoms with E-state index in [1.54, 1.807) is 37.3 Å². The summed E-state index contributed by atoms with van der Waals surface area (Å²) in [6, 6.07) is 10.6. The minimum absolute atomic E-state index is 0.256. The fourth-order valence-electron chi connectivity index (χ4n) is 3.14. The molecular weight excluding hydrogens is 490 g/mol. The van der Waals surface area contributed by atoms with Crippen molar-refractivity contribution in [3.8, 4) is 11.5 Å². The second kappa shape index (κ2) is 10.2. The van der Waals surface area contributed by atoms with E-state index in [2.05, 4.69) is 21.0 Å². The highest BCUT2D eigenvalue weighted by molar-refractivity contribution is 9.10. The van der Waals surface area contributed by atoms with E-state index in [9.17, 15) is 9.59 Å². The number of ether oxygens (including phenoxy) is 3. The van der Waals surface area contributed by atoms with Gasteiger partial charge in [0.15, 0.2) is 18.1 Å². The van der Waals surface area contributed by atoms with Gasteiger partial charge in [-0.05, 0) is 37.3 Å². The summed E-state index contributed by atoms with van der Waals surface area (Å²) < 4.78 is 18.1. The molecule has 1 heterocycles. The molecule has 2 aromatic carbocycles. The number of hydrogen-bond acceptors (Lipinski definition) is 7. The lowest BCUT2D eigenvalue weighted by Gasteiger charge is -2.21. The molecule has 174 valence electrons. The smallest absolute Gasteiger partial charge is 0.344 e. The van der Waals surface area contributed by atoms with Crippen LogP contribution in [0.2, 0.25) is 0 Å². The Labute approximate surface area is 200 Å². The van der Waals surface area contributed by atoms with Crippen molar-refractivity contribution in [2.45, 2.75) is 33.1 Å². The van der Waals surface area contributed by atoms with E-state index in [4.69, 9.17) is 19.2 Å². The van der Waals surface area contributed by atoms with Crippen LogP contribution in [-0.2, 0) is 14.9 Å². The van der Waals surface area contributed by atoms with Gasteiger partial charge in [-0.2, -0.15) is 9.78 Å². The van der Waals surface area contributed by atoms with Crippen molar-refractivity contribution in [2.24, 2.45) is 5.10 Å². The van der Waals surface area contributed by atoms with Crippen LogP contribution in [0.5, 0.6) is 11.5 Å². The van der Waals surface area contributed by atoms with Gasteiger partial charge in [0.1, 0.15) is 5.82 Å². The number of nitrogens with zero attached hydrogens (tertiary/aromatic N) is 3. The molecule has 0 radical (unpaired) electrons. The SMILES string of the molecule is CCOC(=O)COc1c(C=Nn2c(C(C)(C)C)nc3ccc(Br)cc3c2=O)cccc1OC. The van der Waals surface area contributed by atoms with Crippen molar-refractivity contribution < 1.29 is 19.0 Å². The maximum atomic E-state index is 13.3. The lowest BCUT2D eigenvalue weighted by molar-refractivity contribution is -0.145. The predicted octanol–water partition coefficient (Wildman–Crippen LogP) is 4.29. The van der Waals surface area contributed by atoms with Crippen molar-refractivity contribution in [3.63, 3.8) is 0 Å². The molecule has 0 saturated heterocycles. The van der Waals surface area contributed by atoms with E-state index in [0.717, 1.165) is 4.47 Å². The summed E-state index contributed by atoms with van der Waals surface area (Å²) in [5.74, 6) is 0.753. The quantitative estimate of drug-likeness (QED) is 0.344. The first kappa shape index (κ1) is 24.4. The van der Waals surface area contributed by atoms with Crippen LogP contribution in [0.4, 0.5) is 0 Å². The van der Waals surface area contributed by atoms with Gasteiger partial charge in [0.05, 0.1) is 30.8 Å². The first-order valence-electron chi connectivity index (χ1n) is 10.4. The van der Waals surface area contributed by atoms with Gasteiger partial charge in [0.25, 0.3) is 5.56 Å². The number of halogens is 1. The minimum Gasteiger partial charge on any atom is -0.493 e. The Balaban J connectivity index is 2.11. The highest BCUT2D eigenvalue weighted by Crippen LogP contribution is 2.30. The minimum atomic E-state index is -0.498. The number of carbonyl (C=O) groups excluding carboxylic acids is 1. The Hall–Kier alpha value is -3.20. The zero-order chi connectivity index (χ0) is 24.2. The Morgan fingerprint density at radius 1 is 1.24 bits per heavy atom. The van der Waals surface area contributed by atoms with Gasteiger partial charge >= 0.3 is 5.97 Å². The fourth-order valence-corrected chi connectivity index (χ4v) is 3.51. The van der Waals surface area contributed by atoms with Crippen molar-refractivity contribution in [2.75, 3.05) is 20.3 Å². The molecule has 1 aromatic heterocycles. The van der Waals surface area contributed by atoms with Gasteiger partial charge in [0.2, 0.25) is 0 Å². The molecule has 0 atom stereocenters. The maximum Gasteiger partial charge on any atom is 0.344 e. The molecule has 0 N–H and O–H groups in total. The molecule has 0 saturated carbocycles. The van der Waals surface area contributed by atoms with E-state index in [1.807, 2.05) is 26.8 Å². The van der Waals surface area contributed by atoms with E-state index in [0.29, 0.717) is 33.8 Å². The molecule has 0 unspecified atom stereocenters. The Bertz CT molecular complexity index is 1260. The summed E-state index contributed by atoms with van der Waals surface area (Å²) in [5, 5.41) is 4.91. The maximum absolute atomic E-state index is 13.3. The predicted molar refractivity (Wildman–Crippen MR) is 131 cm³/mol. The molecule has 0 amide bonds. The molecule has 0 aliphatic carbocycles. The van der Waals surface area contributed by atoms with Crippen molar-refractivity contribution >= 4 is 39.0 Å².